The lowest BCUT2D eigenvalue weighted by Crippen LogP contribution is -2.24. The minimum atomic E-state index is -0.0647. The molecule has 0 aromatic heterocycles. The topological polar surface area (TPSA) is 26.3 Å². The molecule has 1 aliphatic rings. The van der Waals surface area contributed by atoms with Gasteiger partial charge in [0.05, 0.1) is 5.92 Å². The van der Waals surface area contributed by atoms with Gasteiger partial charge in [-0.05, 0) is 18.4 Å². The Morgan fingerprint density at radius 3 is 2.57 bits per heavy atom. The maximum atomic E-state index is 11.4. The van der Waals surface area contributed by atoms with Gasteiger partial charge in [-0.1, -0.05) is 37.3 Å². The number of carbonyl (C=O) groups is 1. The van der Waals surface area contributed by atoms with Gasteiger partial charge in [0.15, 0.2) is 0 Å². The van der Waals surface area contributed by atoms with Crippen LogP contribution in [0, 0.1) is 5.92 Å². The minimum absolute atomic E-state index is 0.0279. The summed E-state index contributed by atoms with van der Waals surface area (Å²) in [6.07, 6.45) is 1.84. The average molecular weight is 190 g/mol. The molecule has 0 unspecified atom stereocenters. The molecule has 0 amide bonds. The van der Waals surface area contributed by atoms with Crippen LogP contribution in [-0.2, 0) is 9.53 Å². The Morgan fingerprint density at radius 1 is 1.21 bits per heavy atom. The predicted octanol–water partition coefficient (Wildman–Crippen LogP) is 2.70. The van der Waals surface area contributed by atoms with Crippen molar-refractivity contribution in [3.63, 3.8) is 0 Å². The van der Waals surface area contributed by atoms with E-state index in [1.54, 1.807) is 0 Å². The Balaban J connectivity index is 2.11. The van der Waals surface area contributed by atoms with Crippen LogP contribution in [0.2, 0.25) is 0 Å². The summed E-state index contributed by atoms with van der Waals surface area (Å²) in [4.78, 5) is 11.4. The second-order valence-electron chi connectivity index (χ2n) is 3.81. The number of ether oxygens (including phenoxy) is 1. The highest BCUT2D eigenvalue weighted by Gasteiger charge is 2.27. The molecule has 1 aromatic carbocycles. The first-order valence-corrected chi connectivity index (χ1v) is 5.03. The van der Waals surface area contributed by atoms with Gasteiger partial charge in [0.1, 0.15) is 6.10 Å². The van der Waals surface area contributed by atoms with Crippen LogP contribution in [0.1, 0.15) is 31.4 Å². The highest BCUT2D eigenvalue weighted by molar-refractivity contribution is 5.73. The summed E-state index contributed by atoms with van der Waals surface area (Å²) in [5.41, 5.74) is 1.10. The first-order chi connectivity index (χ1) is 6.77. The molecule has 0 N–H and O–H groups in total. The van der Waals surface area contributed by atoms with E-state index in [-0.39, 0.29) is 18.0 Å². The molecule has 2 heteroatoms. The molecule has 0 saturated carbocycles. The smallest absolute Gasteiger partial charge is 0.309 e. The van der Waals surface area contributed by atoms with E-state index in [4.69, 9.17) is 4.74 Å². The fraction of sp³-hybridized carbons (Fsp3) is 0.417. The minimum Gasteiger partial charge on any atom is -0.457 e. The molecule has 0 bridgehead atoms. The molecule has 2 nitrogen and oxygen atoms in total. The lowest BCUT2D eigenvalue weighted by molar-refractivity contribution is -0.159. The van der Waals surface area contributed by atoms with Gasteiger partial charge in [0.25, 0.3) is 0 Å². The van der Waals surface area contributed by atoms with E-state index >= 15 is 0 Å². The van der Waals surface area contributed by atoms with E-state index in [1.807, 2.05) is 37.3 Å². The van der Waals surface area contributed by atoms with Crippen molar-refractivity contribution < 1.29 is 9.53 Å². The van der Waals surface area contributed by atoms with Crippen molar-refractivity contribution in [3.05, 3.63) is 35.9 Å². The van der Waals surface area contributed by atoms with Gasteiger partial charge in [0.2, 0.25) is 0 Å². The van der Waals surface area contributed by atoms with E-state index in [9.17, 15) is 4.79 Å². The van der Waals surface area contributed by atoms with Gasteiger partial charge in [-0.15, -0.1) is 0 Å². The second-order valence-corrected chi connectivity index (χ2v) is 3.81. The lowest BCUT2D eigenvalue weighted by atomic mass is 9.95. The Morgan fingerprint density at radius 2 is 1.93 bits per heavy atom. The molecule has 2 atom stereocenters. The molecule has 1 aliphatic heterocycles. The number of esters is 1. The van der Waals surface area contributed by atoms with Crippen LogP contribution in [0.25, 0.3) is 0 Å². The third-order valence-corrected chi connectivity index (χ3v) is 2.69. The Hall–Kier alpha value is -1.31. The third kappa shape index (κ3) is 1.79. The predicted molar refractivity (Wildman–Crippen MR) is 53.7 cm³/mol. The maximum absolute atomic E-state index is 11.4. The van der Waals surface area contributed by atoms with Crippen molar-refractivity contribution in [2.45, 2.75) is 25.9 Å². The number of hydrogen-bond donors (Lipinski definition) is 0. The average Bonchev–Trinajstić information content (AvgIpc) is 2.23. The van der Waals surface area contributed by atoms with Crippen molar-refractivity contribution in [2.24, 2.45) is 5.92 Å². The zero-order valence-electron chi connectivity index (χ0n) is 8.27. The lowest BCUT2D eigenvalue weighted by Gasteiger charge is -2.26. The van der Waals surface area contributed by atoms with Crippen molar-refractivity contribution >= 4 is 5.97 Å². The SMILES string of the molecule is C[C@H]1CC[C@H](c2ccccc2)OC1=O. The molecule has 1 saturated heterocycles. The molecule has 1 fully saturated rings. The van der Waals surface area contributed by atoms with Crippen LogP contribution in [0.5, 0.6) is 0 Å². The first kappa shape index (κ1) is 9.25. The standard InChI is InChI=1S/C12H14O2/c1-9-7-8-11(14-12(9)13)10-5-3-2-4-6-10/h2-6,9,11H,7-8H2,1H3/t9-,11+/m0/s1. The quantitative estimate of drug-likeness (QED) is 0.636. The van der Waals surface area contributed by atoms with Crippen molar-refractivity contribution in [2.75, 3.05) is 0 Å². The van der Waals surface area contributed by atoms with E-state index in [1.165, 1.54) is 0 Å². The summed E-state index contributed by atoms with van der Waals surface area (Å²) in [6.45, 7) is 1.92. The Kier molecular flexibility index (Phi) is 2.53. The van der Waals surface area contributed by atoms with Gasteiger partial charge >= 0.3 is 5.97 Å². The summed E-state index contributed by atoms with van der Waals surface area (Å²) >= 11 is 0. The number of rotatable bonds is 1. The first-order valence-electron chi connectivity index (χ1n) is 5.03. The van der Waals surface area contributed by atoms with Gasteiger partial charge < -0.3 is 4.74 Å². The maximum Gasteiger partial charge on any atom is 0.309 e. The highest BCUT2D eigenvalue weighted by atomic mass is 16.5. The normalized spacial score (nSPS) is 27.1. The van der Waals surface area contributed by atoms with Gasteiger partial charge in [-0.3, -0.25) is 4.79 Å². The van der Waals surface area contributed by atoms with Gasteiger partial charge in [-0.25, -0.2) is 0 Å². The summed E-state index contributed by atoms with van der Waals surface area (Å²) in [6, 6.07) is 9.93. The molecule has 1 heterocycles. The molecule has 0 aliphatic carbocycles. The Labute approximate surface area is 83.9 Å². The fourth-order valence-electron chi connectivity index (χ4n) is 1.74. The molecule has 0 radical (unpaired) electrons. The van der Waals surface area contributed by atoms with E-state index in [0.29, 0.717) is 0 Å². The molecule has 1 aromatic rings. The van der Waals surface area contributed by atoms with Crippen molar-refractivity contribution in [1.82, 2.24) is 0 Å². The van der Waals surface area contributed by atoms with Crippen LogP contribution in [0.3, 0.4) is 0 Å². The Bertz CT molecular complexity index is 318. The molecule has 2 rings (SSSR count). The van der Waals surface area contributed by atoms with E-state index in [0.717, 1.165) is 18.4 Å². The van der Waals surface area contributed by atoms with Gasteiger partial charge in [-0.2, -0.15) is 0 Å². The summed E-state index contributed by atoms with van der Waals surface area (Å²) in [5, 5.41) is 0. The molecule has 74 valence electrons. The fourth-order valence-corrected chi connectivity index (χ4v) is 1.74. The molecular weight excluding hydrogens is 176 g/mol. The summed E-state index contributed by atoms with van der Waals surface area (Å²) in [7, 11) is 0. The number of cyclic esters (lactones) is 1. The van der Waals surface area contributed by atoms with E-state index < -0.39 is 0 Å². The van der Waals surface area contributed by atoms with Crippen LogP contribution < -0.4 is 0 Å². The van der Waals surface area contributed by atoms with Crippen molar-refractivity contribution in [3.8, 4) is 0 Å². The van der Waals surface area contributed by atoms with E-state index in [2.05, 4.69) is 0 Å². The van der Waals surface area contributed by atoms with Crippen LogP contribution in [-0.4, -0.2) is 5.97 Å². The zero-order chi connectivity index (χ0) is 9.97. The highest BCUT2D eigenvalue weighted by Crippen LogP contribution is 2.30. The number of benzene rings is 1. The third-order valence-electron chi connectivity index (χ3n) is 2.69. The molecular formula is C12H14O2. The van der Waals surface area contributed by atoms with Crippen LogP contribution >= 0.6 is 0 Å². The number of carbonyl (C=O) groups excluding carboxylic acids is 1. The van der Waals surface area contributed by atoms with Crippen LogP contribution in [0.15, 0.2) is 30.3 Å². The monoisotopic (exact) mass is 190 g/mol. The number of hydrogen-bond acceptors (Lipinski definition) is 2. The van der Waals surface area contributed by atoms with Gasteiger partial charge in [0, 0.05) is 0 Å². The van der Waals surface area contributed by atoms with Crippen molar-refractivity contribution in [1.29, 1.82) is 0 Å². The van der Waals surface area contributed by atoms with Crippen LogP contribution in [0.4, 0.5) is 0 Å². The largest absolute Gasteiger partial charge is 0.457 e. The molecule has 14 heavy (non-hydrogen) atoms. The summed E-state index contributed by atoms with van der Waals surface area (Å²) < 4.78 is 5.35. The zero-order valence-corrected chi connectivity index (χ0v) is 8.27. The second kappa shape index (κ2) is 3.82. The molecule has 0 spiro atoms. The summed E-state index contributed by atoms with van der Waals surface area (Å²) in [5.74, 6) is 0.0000605.